The Bertz CT molecular complexity index is 345. The zero-order valence-corrected chi connectivity index (χ0v) is 20.6. The van der Waals surface area contributed by atoms with Gasteiger partial charge < -0.3 is 15.2 Å². The van der Waals surface area contributed by atoms with Gasteiger partial charge in [-0.25, -0.2) is 0 Å². The van der Waals surface area contributed by atoms with Crippen molar-refractivity contribution in [2.75, 3.05) is 13.6 Å². The molecule has 0 spiro atoms. The highest BCUT2D eigenvalue weighted by molar-refractivity contribution is 5.66. The summed E-state index contributed by atoms with van der Waals surface area (Å²) in [7, 11) is 2.01. The molecule has 0 fully saturated rings. The molecule has 2 N–H and O–H groups in total. The lowest BCUT2D eigenvalue weighted by Gasteiger charge is -2.03. The van der Waals surface area contributed by atoms with E-state index in [4.69, 9.17) is 5.11 Å². The van der Waals surface area contributed by atoms with E-state index < -0.39 is 5.97 Å². The molecule has 0 unspecified atom stereocenters. The van der Waals surface area contributed by atoms with Crippen molar-refractivity contribution in [3.63, 3.8) is 0 Å². The van der Waals surface area contributed by atoms with Gasteiger partial charge in [0.25, 0.3) is 0 Å². The quantitative estimate of drug-likeness (QED) is 0.138. The van der Waals surface area contributed by atoms with Gasteiger partial charge in [0.05, 0.1) is 0 Å². The summed E-state index contributed by atoms with van der Waals surface area (Å²) in [4.78, 5) is 20.5. The molecule has 0 aliphatic rings. The summed E-state index contributed by atoms with van der Waals surface area (Å²) in [5.41, 5.74) is 0. The van der Waals surface area contributed by atoms with E-state index >= 15 is 0 Å². The number of nitrogens with one attached hydrogen (secondary N) is 1. The fourth-order valence-corrected chi connectivity index (χ4v) is 3.48. The highest BCUT2D eigenvalue weighted by atomic mass is 16.4. The first kappa shape index (κ1) is 31.3. The van der Waals surface area contributed by atoms with Gasteiger partial charge in [-0.2, -0.15) is 0 Å². The first-order valence-corrected chi connectivity index (χ1v) is 12.8. The summed E-state index contributed by atoms with van der Waals surface area (Å²) in [6.07, 6.45) is 23.4. The van der Waals surface area contributed by atoms with E-state index in [2.05, 4.69) is 19.2 Å². The maximum atomic E-state index is 10.3. The largest absolute Gasteiger partial charge is 0.481 e. The Morgan fingerprint density at radius 1 is 0.733 bits per heavy atom. The second kappa shape index (κ2) is 28.1. The van der Waals surface area contributed by atoms with Crippen LogP contribution in [-0.4, -0.2) is 31.0 Å². The molecule has 4 nitrogen and oxygen atoms in total. The molecule has 0 bridgehead atoms. The van der Waals surface area contributed by atoms with E-state index in [-0.39, 0.29) is 0 Å². The maximum absolute atomic E-state index is 10.3. The van der Waals surface area contributed by atoms with Crippen molar-refractivity contribution < 1.29 is 14.7 Å². The number of carboxylic acids is 1. The Morgan fingerprint density at radius 3 is 1.53 bits per heavy atom. The summed E-state index contributed by atoms with van der Waals surface area (Å²) >= 11 is 0. The number of carbonyl (C=O) groups excluding carboxylic acids is 1. The van der Waals surface area contributed by atoms with Crippen LogP contribution < -0.4 is 5.32 Å². The predicted octanol–water partition coefficient (Wildman–Crippen LogP) is 7.54. The monoisotopic (exact) mass is 427 g/mol. The first-order chi connectivity index (χ1) is 14.5. The minimum absolute atomic E-state index is 0.329. The average molecular weight is 428 g/mol. The number of aldehydes is 1. The topological polar surface area (TPSA) is 66.4 Å². The van der Waals surface area contributed by atoms with Gasteiger partial charge in [-0.05, 0) is 38.8 Å². The maximum Gasteiger partial charge on any atom is 0.303 e. The molecule has 0 aliphatic carbocycles. The van der Waals surface area contributed by atoms with Gasteiger partial charge in [0, 0.05) is 12.8 Å². The molecule has 0 heterocycles. The molecule has 0 radical (unpaired) electrons. The van der Waals surface area contributed by atoms with Crippen LogP contribution in [0.15, 0.2) is 0 Å². The van der Waals surface area contributed by atoms with Gasteiger partial charge in [0.15, 0.2) is 0 Å². The Balaban J connectivity index is 0. The summed E-state index contributed by atoms with van der Waals surface area (Å²) in [5, 5.41) is 11.7. The van der Waals surface area contributed by atoms with Crippen molar-refractivity contribution in [3.05, 3.63) is 0 Å². The van der Waals surface area contributed by atoms with E-state index in [1.807, 2.05) is 7.05 Å². The van der Waals surface area contributed by atoms with Crippen LogP contribution in [0, 0.1) is 5.92 Å². The highest BCUT2D eigenvalue weighted by Crippen LogP contribution is 2.13. The minimum atomic E-state index is -0.668. The van der Waals surface area contributed by atoms with Gasteiger partial charge in [-0.15, -0.1) is 0 Å². The van der Waals surface area contributed by atoms with Crippen molar-refractivity contribution in [1.29, 1.82) is 0 Å². The molecule has 0 aromatic heterocycles. The first-order valence-electron chi connectivity index (χ1n) is 12.8. The molecular formula is C26H53NO3. The number of carbonyl (C=O) groups is 2. The second-order valence-corrected chi connectivity index (χ2v) is 9.04. The van der Waals surface area contributed by atoms with Gasteiger partial charge in [-0.1, -0.05) is 104 Å². The molecular weight excluding hydrogens is 374 g/mol. The van der Waals surface area contributed by atoms with Crippen LogP contribution in [-0.2, 0) is 9.59 Å². The molecule has 0 atom stereocenters. The molecule has 0 amide bonds. The number of hydrogen-bond donors (Lipinski definition) is 2. The summed E-state index contributed by atoms with van der Waals surface area (Å²) in [6.45, 7) is 5.73. The lowest BCUT2D eigenvalue weighted by atomic mass is 10.0. The predicted molar refractivity (Wildman–Crippen MR) is 130 cm³/mol. The van der Waals surface area contributed by atoms with Crippen molar-refractivity contribution in [1.82, 2.24) is 5.32 Å². The standard InChI is InChI=1S/C18H34O3.C8H19N/c19-17-15-13-11-9-7-5-3-1-2-4-6-8-10-12-14-16-18(20)21;1-8(2)6-4-5-7-9-3/h17H,1-16H2,(H,20,21);8-9H,4-7H2,1-3H3. The number of rotatable bonds is 22. The molecule has 0 aromatic rings. The summed E-state index contributed by atoms with van der Waals surface area (Å²) < 4.78 is 0. The van der Waals surface area contributed by atoms with Crippen LogP contribution in [0.4, 0.5) is 0 Å². The van der Waals surface area contributed by atoms with Gasteiger partial charge in [0.2, 0.25) is 0 Å². The zero-order chi connectivity index (χ0) is 22.7. The molecule has 0 rings (SSSR count). The molecule has 0 aromatic carbocycles. The fraction of sp³-hybridized carbons (Fsp3) is 0.923. The van der Waals surface area contributed by atoms with Crippen LogP contribution in [0.3, 0.4) is 0 Å². The minimum Gasteiger partial charge on any atom is -0.481 e. The normalized spacial score (nSPS) is 10.7. The smallest absolute Gasteiger partial charge is 0.303 e. The molecule has 0 saturated heterocycles. The lowest BCUT2D eigenvalue weighted by molar-refractivity contribution is -0.137. The van der Waals surface area contributed by atoms with E-state index in [9.17, 15) is 9.59 Å². The zero-order valence-electron chi connectivity index (χ0n) is 20.6. The number of aliphatic carboxylic acids is 1. The van der Waals surface area contributed by atoms with Crippen molar-refractivity contribution in [2.24, 2.45) is 5.92 Å². The number of carboxylic acid groups (broad SMARTS) is 1. The molecule has 0 aliphatic heterocycles. The Labute approximate surface area is 188 Å². The average Bonchev–Trinajstić information content (AvgIpc) is 2.71. The Hall–Kier alpha value is -0.900. The third-order valence-electron chi connectivity index (χ3n) is 5.42. The molecule has 180 valence electrons. The van der Waals surface area contributed by atoms with Crippen molar-refractivity contribution in [3.8, 4) is 0 Å². The van der Waals surface area contributed by atoms with E-state index in [0.29, 0.717) is 6.42 Å². The van der Waals surface area contributed by atoms with E-state index in [1.165, 1.54) is 96.4 Å². The number of unbranched alkanes of at least 4 members (excludes halogenated alkanes) is 15. The molecule has 4 heteroatoms. The van der Waals surface area contributed by atoms with E-state index in [0.717, 1.165) is 37.9 Å². The van der Waals surface area contributed by atoms with Gasteiger partial charge in [-0.3, -0.25) is 4.79 Å². The highest BCUT2D eigenvalue weighted by Gasteiger charge is 1.97. The van der Waals surface area contributed by atoms with E-state index in [1.54, 1.807) is 0 Å². The number of hydrogen-bond acceptors (Lipinski definition) is 3. The van der Waals surface area contributed by atoms with Gasteiger partial charge in [0.1, 0.15) is 6.29 Å². The second-order valence-electron chi connectivity index (χ2n) is 9.04. The van der Waals surface area contributed by atoms with Crippen LogP contribution in [0.25, 0.3) is 0 Å². The summed E-state index contributed by atoms with van der Waals surface area (Å²) in [5.74, 6) is 0.209. The third-order valence-corrected chi connectivity index (χ3v) is 5.42. The third kappa shape index (κ3) is 34.6. The van der Waals surface area contributed by atoms with Crippen LogP contribution >= 0.6 is 0 Å². The molecule has 0 saturated carbocycles. The van der Waals surface area contributed by atoms with Crippen LogP contribution in [0.5, 0.6) is 0 Å². The Morgan fingerprint density at radius 2 is 1.17 bits per heavy atom. The van der Waals surface area contributed by atoms with Crippen molar-refractivity contribution in [2.45, 2.75) is 136 Å². The van der Waals surface area contributed by atoms with Crippen LogP contribution in [0.2, 0.25) is 0 Å². The fourth-order valence-electron chi connectivity index (χ4n) is 3.48. The SMILES string of the molecule is CNCCCCC(C)C.O=CCCCCCCCCCCCCCCCCC(=O)O. The summed E-state index contributed by atoms with van der Waals surface area (Å²) in [6, 6.07) is 0. The lowest BCUT2D eigenvalue weighted by Crippen LogP contribution is -2.07. The van der Waals surface area contributed by atoms with Crippen LogP contribution in [0.1, 0.15) is 136 Å². The molecule has 30 heavy (non-hydrogen) atoms. The van der Waals surface area contributed by atoms with Crippen molar-refractivity contribution >= 4 is 12.3 Å². The van der Waals surface area contributed by atoms with Gasteiger partial charge >= 0.3 is 5.97 Å². The Kier molecular flexibility index (Phi) is 29.3.